The summed E-state index contributed by atoms with van der Waals surface area (Å²) >= 11 is 5.90. The third-order valence-electron chi connectivity index (χ3n) is 1.83. The molecule has 0 amide bonds. The van der Waals surface area contributed by atoms with E-state index in [1.165, 1.54) is 12.3 Å². The van der Waals surface area contributed by atoms with Crippen molar-refractivity contribution < 1.29 is 4.74 Å². The van der Waals surface area contributed by atoms with E-state index in [2.05, 4.69) is 10.1 Å². The lowest BCUT2D eigenvalue weighted by Gasteiger charge is -2.03. The van der Waals surface area contributed by atoms with Crippen molar-refractivity contribution in [2.45, 2.75) is 0 Å². The van der Waals surface area contributed by atoms with Gasteiger partial charge >= 0.3 is 0 Å². The van der Waals surface area contributed by atoms with Crippen molar-refractivity contribution in [3.63, 3.8) is 0 Å². The number of nitrogens with zero attached hydrogens (tertiary/aromatic N) is 4. The van der Waals surface area contributed by atoms with Gasteiger partial charge in [-0.2, -0.15) is 10.4 Å². The van der Waals surface area contributed by atoms with Gasteiger partial charge in [0, 0.05) is 13.2 Å². The standard InChI is InChI=1S/C10H7ClN4O/c1-15-6-8(5-14-15)16-10-9(11)2-7(3-12)4-13-10/h2,4-6H,1H3. The topological polar surface area (TPSA) is 63.7 Å². The number of hydrogen-bond acceptors (Lipinski definition) is 4. The molecule has 2 aromatic heterocycles. The quantitative estimate of drug-likeness (QED) is 0.799. The summed E-state index contributed by atoms with van der Waals surface area (Å²) in [6.07, 6.45) is 4.64. The minimum absolute atomic E-state index is 0.258. The fraction of sp³-hybridized carbons (Fsp3) is 0.100. The molecule has 80 valence electrons. The third kappa shape index (κ3) is 2.12. The van der Waals surface area contributed by atoms with Crippen molar-refractivity contribution in [3.8, 4) is 17.7 Å². The molecular weight excluding hydrogens is 228 g/mol. The first-order valence-electron chi connectivity index (χ1n) is 4.41. The molecule has 0 unspecified atom stereocenters. The summed E-state index contributed by atoms with van der Waals surface area (Å²) in [5.74, 6) is 0.801. The molecule has 0 aliphatic heterocycles. The minimum Gasteiger partial charge on any atom is -0.434 e. The van der Waals surface area contributed by atoms with E-state index in [1.54, 1.807) is 24.1 Å². The number of aromatic nitrogens is 3. The van der Waals surface area contributed by atoms with E-state index in [9.17, 15) is 0 Å². The first-order chi connectivity index (χ1) is 7.69. The van der Waals surface area contributed by atoms with Crippen LogP contribution >= 0.6 is 11.6 Å². The summed E-state index contributed by atoms with van der Waals surface area (Å²) in [7, 11) is 1.78. The molecule has 0 N–H and O–H groups in total. The van der Waals surface area contributed by atoms with Gasteiger partial charge in [0.05, 0.1) is 18.0 Å². The van der Waals surface area contributed by atoms with Crippen LogP contribution in [0.5, 0.6) is 11.6 Å². The Morgan fingerprint density at radius 3 is 2.88 bits per heavy atom. The van der Waals surface area contributed by atoms with E-state index >= 15 is 0 Å². The van der Waals surface area contributed by atoms with Crippen LogP contribution in [0.2, 0.25) is 5.02 Å². The van der Waals surface area contributed by atoms with Crippen LogP contribution in [0.15, 0.2) is 24.7 Å². The molecule has 0 bridgehead atoms. The molecule has 0 saturated heterocycles. The zero-order chi connectivity index (χ0) is 11.5. The Morgan fingerprint density at radius 1 is 1.50 bits per heavy atom. The molecule has 0 fully saturated rings. The molecule has 0 aromatic carbocycles. The summed E-state index contributed by atoms with van der Waals surface area (Å²) in [5, 5.41) is 12.9. The summed E-state index contributed by atoms with van der Waals surface area (Å²) in [4.78, 5) is 3.94. The van der Waals surface area contributed by atoms with E-state index < -0.39 is 0 Å². The molecule has 0 spiro atoms. The summed E-state index contributed by atoms with van der Waals surface area (Å²) in [6, 6.07) is 3.44. The maximum absolute atomic E-state index is 8.64. The van der Waals surface area contributed by atoms with Crippen LogP contribution < -0.4 is 4.74 Å². The van der Waals surface area contributed by atoms with Crippen molar-refractivity contribution in [2.24, 2.45) is 7.05 Å². The van der Waals surface area contributed by atoms with Gasteiger partial charge in [-0.15, -0.1) is 0 Å². The van der Waals surface area contributed by atoms with Crippen molar-refractivity contribution in [1.29, 1.82) is 5.26 Å². The van der Waals surface area contributed by atoms with Gasteiger partial charge in [-0.1, -0.05) is 11.6 Å². The number of nitriles is 1. The second-order valence-electron chi connectivity index (χ2n) is 3.07. The lowest BCUT2D eigenvalue weighted by molar-refractivity contribution is 0.462. The van der Waals surface area contributed by atoms with E-state index in [4.69, 9.17) is 21.6 Å². The van der Waals surface area contributed by atoms with Gasteiger partial charge in [-0.25, -0.2) is 4.98 Å². The summed E-state index contributed by atoms with van der Waals surface area (Å²) in [6.45, 7) is 0. The van der Waals surface area contributed by atoms with E-state index in [0.717, 1.165) is 0 Å². The van der Waals surface area contributed by atoms with Crippen LogP contribution in [0.3, 0.4) is 0 Å². The van der Waals surface area contributed by atoms with E-state index in [-0.39, 0.29) is 5.88 Å². The highest BCUT2D eigenvalue weighted by Crippen LogP contribution is 2.26. The fourth-order valence-electron chi connectivity index (χ4n) is 1.12. The van der Waals surface area contributed by atoms with Crippen LogP contribution in [0, 0.1) is 11.3 Å². The maximum atomic E-state index is 8.64. The molecular formula is C10H7ClN4O. The maximum Gasteiger partial charge on any atom is 0.238 e. The van der Waals surface area contributed by atoms with Crippen LogP contribution in [0.4, 0.5) is 0 Å². The lowest BCUT2D eigenvalue weighted by atomic mass is 10.3. The number of halogens is 1. The van der Waals surface area contributed by atoms with Gasteiger partial charge < -0.3 is 4.74 Å². The normalized spacial score (nSPS) is 9.81. The average Bonchev–Trinajstić information content (AvgIpc) is 2.67. The highest BCUT2D eigenvalue weighted by Gasteiger charge is 2.07. The number of pyridine rings is 1. The van der Waals surface area contributed by atoms with Crippen molar-refractivity contribution in [2.75, 3.05) is 0 Å². The molecule has 0 aliphatic carbocycles. The Labute approximate surface area is 96.9 Å². The number of rotatable bonds is 2. The second-order valence-corrected chi connectivity index (χ2v) is 3.48. The predicted molar refractivity (Wildman–Crippen MR) is 57.2 cm³/mol. The smallest absolute Gasteiger partial charge is 0.238 e. The molecule has 16 heavy (non-hydrogen) atoms. The Balaban J connectivity index is 2.26. The van der Waals surface area contributed by atoms with Crippen LogP contribution in [0.25, 0.3) is 0 Å². The SMILES string of the molecule is Cn1cc(Oc2ncc(C#N)cc2Cl)cn1. The first kappa shape index (κ1) is 10.5. The monoisotopic (exact) mass is 234 g/mol. The molecule has 2 rings (SSSR count). The average molecular weight is 235 g/mol. The van der Waals surface area contributed by atoms with Crippen LogP contribution in [-0.2, 0) is 7.05 Å². The Hall–Kier alpha value is -2.06. The summed E-state index contributed by atoms with van der Waals surface area (Å²) < 4.78 is 7.00. The Kier molecular flexibility index (Phi) is 2.75. The van der Waals surface area contributed by atoms with E-state index in [1.807, 2.05) is 6.07 Å². The summed E-state index contributed by atoms with van der Waals surface area (Å²) in [5.41, 5.74) is 0.392. The van der Waals surface area contributed by atoms with Gasteiger partial charge in [0.1, 0.15) is 11.1 Å². The zero-order valence-corrected chi connectivity index (χ0v) is 9.14. The Bertz CT molecular complexity index is 558. The number of hydrogen-bond donors (Lipinski definition) is 0. The molecule has 2 aromatic rings. The minimum atomic E-state index is 0.258. The zero-order valence-electron chi connectivity index (χ0n) is 8.38. The number of ether oxygens (including phenoxy) is 1. The van der Waals surface area contributed by atoms with Gasteiger partial charge in [-0.05, 0) is 6.07 Å². The van der Waals surface area contributed by atoms with Gasteiger partial charge in [0.2, 0.25) is 5.88 Å². The largest absolute Gasteiger partial charge is 0.434 e. The van der Waals surface area contributed by atoms with E-state index in [0.29, 0.717) is 16.3 Å². The molecule has 0 radical (unpaired) electrons. The molecule has 0 aliphatic rings. The molecule has 0 atom stereocenters. The molecule has 6 heteroatoms. The van der Waals surface area contributed by atoms with Crippen LogP contribution in [-0.4, -0.2) is 14.8 Å². The van der Waals surface area contributed by atoms with Crippen molar-refractivity contribution in [3.05, 3.63) is 35.2 Å². The lowest BCUT2D eigenvalue weighted by Crippen LogP contribution is -1.89. The first-order valence-corrected chi connectivity index (χ1v) is 4.79. The highest BCUT2D eigenvalue weighted by atomic mass is 35.5. The molecule has 5 nitrogen and oxygen atoms in total. The van der Waals surface area contributed by atoms with Gasteiger partial charge in [0.25, 0.3) is 0 Å². The van der Waals surface area contributed by atoms with Crippen LogP contribution in [0.1, 0.15) is 5.56 Å². The van der Waals surface area contributed by atoms with Gasteiger partial charge in [-0.3, -0.25) is 4.68 Å². The Morgan fingerprint density at radius 2 is 2.31 bits per heavy atom. The fourth-order valence-corrected chi connectivity index (χ4v) is 1.33. The van der Waals surface area contributed by atoms with Gasteiger partial charge in [0.15, 0.2) is 5.75 Å². The highest BCUT2D eigenvalue weighted by molar-refractivity contribution is 6.31. The van der Waals surface area contributed by atoms with Crippen molar-refractivity contribution in [1.82, 2.24) is 14.8 Å². The number of aryl methyl sites for hydroxylation is 1. The predicted octanol–water partition coefficient (Wildman–Crippen LogP) is 2.13. The third-order valence-corrected chi connectivity index (χ3v) is 2.10. The molecule has 0 saturated carbocycles. The second kappa shape index (κ2) is 4.21. The molecule has 2 heterocycles. The van der Waals surface area contributed by atoms with Crippen molar-refractivity contribution >= 4 is 11.6 Å².